The second-order valence-electron chi connectivity index (χ2n) is 4.97. The fourth-order valence-electron chi connectivity index (χ4n) is 2.30. The highest BCUT2D eigenvalue weighted by Crippen LogP contribution is 2.23. The number of aromatic nitrogens is 4. The van der Waals surface area contributed by atoms with Crippen molar-refractivity contribution < 1.29 is 8.42 Å². The van der Waals surface area contributed by atoms with Crippen molar-refractivity contribution in [1.82, 2.24) is 24.1 Å². The van der Waals surface area contributed by atoms with E-state index in [2.05, 4.69) is 14.8 Å². The van der Waals surface area contributed by atoms with Gasteiger partial charge in [-0.1, -0.05) is 18.5 Å². The van der Waals surface area contributed by atoms with Crippen molar-refractivity contribution in [1.29, 1.82) is 0 Å². The molecule has 0 aliphatic carbocycles. The van der Waals surface area contributed by atoms with Crippen LogP contribution in [0.5, 0.6) is 0 Å². The Bertz CT molecular complexity index is 751. The van der Waals surface area contributed by atoms with Crippen molar-refractivity contribution in [2.45, 2.75) is 38.1 Å². The van der Waals surface area contributed by atoms with E-state index in [0.29, 0.717) is 25.2 Å². The van der Waals surface area contributed by atoms with Gasteiger partial charge >= 0.3 is 0 Å². The summed E-state index contributed by atoms with van der Waals surface area (Å²) in [5.74, 6) is 0.994. The van der Waals surface area contributed by atoms with Gasteiger partial charge in [-0.2, -0.15) is 5.10 Å². The smallest absolute Gasteiger partial charge is 0.245 e. The molecule has 2 aromatic heterocycles. The normalized spacial score (nSPS) is 12.0. The quantitative estimate of drug-likeness (QED) is 0.771. The molecule has 0 spiro atoms. The van der Waals surface area contributed by atoms with E-state index in [1.54, 1.807) is 20.2 Å². The van der Waals surface area contributed by atoms with Crippen molar-refractivity contribution in [2.75, 3.05) is 6.54 Å². The minimum absolute atomic E-state index is 0.0496. The van der Waals surface area contributed by atoms with Crippen molar-refractivity contribution in [3.63, 3.8) is 0 Å². The molecule has 0 aliphatic rings. The molecule has 0 bridgehead atoms. The average Bonchev–Trinajstić information content (AvgIpc) is 3.00. The highest BCUT2D eigenvalue weighted by atomic mass is 35.5. The van der Waals surface area contributed by atoms with Crippen LogP contribution in [0.1, 0.15) is 24.9 Å². The number of rotatable bonds is 7. The monoisotopic (exact) mass is 345 g/mol. The van der Waals surface area contributed by atoms with Crippen LogP contribution < -0.4 is 4.72 Å². The summed E-state index contributed by atoms with van der Waals surface area (Å²) in [5.41, 5.74) is 0.392. The third-order valence-electron chi connectivity index (χ3n) is 3.35. The lowest BCUT2D eigenvalue weighted by atomic mass is 10.4. The Labute approximate surface area is 135 Å². The summed E-state index contributed by atoms with van der Waals surface area (Å²) in [6.07, 6.45) is 5.17. The zero-order valence-corrected chi connectivity index (χ0v) is 14.4. The summed E-state index contributed by atoms with van der Waals surface area (Å²) in [6.45, 7) is 4.70. The molecule has 9 heteroatoms. The SMILES string of the molecule is CCc1nccn1CCCNS(=O)(=O)c1c(C)nn(C)c1Cl. The van der Waals surface area contributed by atoms with Crippen LogP contribution in [0.15, 0.2) is 17.3 Å². The van der Waals surface area contributed by atoms with Gasteiger partial charge in [-0.15, -0.1) is 0 Å². The molecular weight excluding hydrogens is 326 g/mol. The molecule has 0 aromatic carbocycles. The molecule has 0 radical (unpaired) electrons. The van der Waals surface area contributed by atoms with Gasteiger partial charge in [0.2, 0.25) is 10.0 Å². The molecule has 0 aliphatic heterocycles. The van der Waals surface area contributed by atoms with Crippen LogP contribution in [0.3, 0.4) is 0 Å². The van der Waals surface area contributed by atoms with Crippen LogP contribution in [0.4, 0.5) is 0 Å². The van der Waals surface area contributed by atoms with Crippen LogP contribution in [0, 0.1) is 6.92 Å². The zero-order chi connectivity index (χ0) is 16.3. The first-order valence-electron chi connectivity index (χ1n) is 7.05. The molecule has 0 amide bonds. The van der Waals surface area contributed by atoms with Gasteiger partial charge < -0.3 is 4.57 Å². The second-order valence-corrected chi connectivity index (χ2v) is 7.03. The molecule has 7 nitrogen and oxygen atoms in total. The summed E-state index contributed by atoms with van der Waals surface area (Å²) in [5, 5.41) is 4.14. The first-order chi connectivity index (χ1) is 10.4. The topological polar surface area (TPSA) is 81.8 Å². The minimum Gasteiger partial charge on any atom is -0.335 e. The van der Waals surface area contributed by atoms with Crippen LogP contribution >= 0.6 is 11.6 Å². The van der Waals surface area contributed by atoms with Crippen LogP contribution in [-0.4, -0.2) is 34.3 Å². The molecule has 2 rings (SSSR count). The summed E-state index contributed by atoms with van der Waals surface area (Å²) < 4.78 is 30.6. The highest BCUT2D eigenvalue weighted by Gasteiger charge is 2.24. The zero-order valence-electron chi connectivity index (χ0n) is 12.9. The van der Waals surface area contributed by atoms with E-state index in [1.807, 2.05) is 17.7 Å². The van der Waals surface area contributed by atoms with E-state index in [9.17, 15) is 8.42 Å². The lowest BCUT2D eigenvalue weighted by Gasteiger charge is -2.08. The van der Waals surface area contributed by atoms with Gasteiger partial charge in [0, 0.05) is 39.0 Å². The molecule has 2 aromatic rings. The van der Waals surface area contributed by atoms with Crippen LogP contribution in [0.25, 0.3) is 0 Å². The van der Waals surface area contributed by atoms with Gasteiger partial charge in [0.05, 0.1) is 5.69 Å². The van der Waals surface area contributed by atoms with Crippen molar-refractivity contribution in [3.05, 3.63) is 29.1 Å². The van der Waals surface area contributed by atoms with Crippen molar-refractivity contribution in [2.24, 2.45) is 7.05 Å². The fourth-order valence-corrected chi connectivity index (χ4v) is 4.12. The molecule has 1 N–H and O–H groups in total. The number of sulfonamides is 1. The number of aryl methyl sites for hydroxylation is 4. The predicted molar refractivity (Wildman–Crippen MR) is 84.4 cm³/mol. The van der Waals surface area contributed by atoms with Gasteiger partial charge in [0.1, 0.15) is 15.9 Å². The summed E-state index contributed by atoms with van der Waals surface area (Å²) in [6, 6.07) is 0. The molecule has 0 atom stereocenters. The van der Waals surface area contributed by atoms with Crippen molar-refractivity contribution >= 4 is 21.6 Å². The van der Waals surface area contributed by atoms with Crippen LogP contribution in [-0.2, 0) is 30.0 Å². The average molecular weight is 346 g/mol. The Morgan fingerprint density at radius 2 is 2.14 bits per heavy atom. The van der Waals surface area contributed by atoms with E-state index < -0.39 is 10.0 Å². The van der Waals surface area contributed by atoms with Gasteiger partial charge in [0.25, 0.3) is 0 Å². The molecular formula is C13H20ClN5O2S. The number of hydrogen-bond acceptors (Lipinski definition) is 4. The molecule has 0 unspecified atom stereocenters. The maximum absolute atomic E-state index is 12.3. The Balaban J connectivity index is 1.96. The van der Waals surface area contributed by atoms with E-state index in [-0.39, 0.29) is 10.0 Å². The first-order valence-corrected chi connectivity index (χ1v) is 8.91. The number of halogens is 1. The number of imidazole rings is 1. The number of nitrogens with one attached hydrogen (secondary N) is 1. The summed E-state index contributed by atoms with van der Waals surface area (Å²) in [7, 11) is -2.04. The molecule has 0 saturated heterocycles. The lowest BCUT2D eigenvalue weighted by molar-refractivity contribution is 0.565. The molecule has 0 saturated carbocycles. The van der Waals surface area contributed by atoms with Gasteiger partial charge in [-0.3, -0.25) is 4.68 Å². The van der Waals surface area contributed by atoms with E-state index in [1.165, 1.54) is 4.68 Å². The van der Waals surface area contributed by atoms with Gasteiger partial charge in [-0.05, 0) is 13.3 Å². The predicted octanol–water partition coefficient (Wildman–Crippen LogP) is 1.51. The maximum atomic E-state index is 12.3. The molecule has 122 valence electrons. The van der Waals surface area contributed by atoms with E-state index in [4.69, 9.17) is 11.6 Å². The number of hydrogen-bond donors (Lipinski definition) is 1. The Morgan fingerprint density at radius 3 is 2.73 bits per heavy atom. The third kappa shape index (κ3) is 3.50. The Kier molecular flexibility index (Phi) is 5.25. The van der Waals surface area contributed by atoms with Crippen LogP contribution in [0.2, 0.25) is 5.15 Å². The van der Waals surface area contributed by atoms with E-state index >= 15 is 0 Å². The van der Waals surface area contributed by atoms with Crippen molar-refractivity contribution in [3.8, 4) is 0 Å². The molecule has 22 heavy (non-hydrogen) atoms. The Morgan fingerprint density at radius 1 is 1.41 bits per heavy atom. The maximum Gasteiger partial charge on any atom is 0.245 e. The van der Waals surface area contributed by atoms with Gasteiger partial charge in [-0.25, -0.2) is 18.1 Å². The minimum atomic E-state index is -3.65. The standard InChI is InChI=1S/C13H20ClN5O2S/c1-4-11-15-7-9-19(11)8-5-6-16-22(20,21)12-10(2)17-18(3)13(12)14/h7,9,16H,4-6,8H2,1-3H3. The van der Waals surface area contributed by atoms with E-state index in [0.717, 1.165) is 12.2 Å². The molecule has 2 heterocycles. The second kappa shape index (κ2) is 6.80. The Hall–Kier alpha value is -1.38. The summed E-state index contributed by atoms with van der Waals surface area (Å²) >= 11 is 6.00. The number of nitrogens with zero attached hydrogens (tertiary/aromatic N) is 4. The highest BCUT2D eigenvalue weighted by molar-refractivity contribution is 7.89. The summed E-state index contributed by atoms with van der Waals surface area (Å²) in [4.78, 5) is 4.28. The third-order valence-corrected chi connectivity index (χ3v) is 5.51. The first kappa shape index (κ1) is 17.0. The lowest BCUT2D eigenvalue weighted by Crippen LogP contribution is -2.26. The van der Waals surface area contributed by atoms with Gasteiger partial charge in [0.15, 0.2) is 0 Å². The molecule has 0 fully saturated rings. The fraction of sp³-hybridized carbons (Fsp3) is 0.538. The largest absolute Gasteiger partial charge is 0.335 e.